The van der Waals surface area contributed by atoms with E-state index in [-0.39, 0.29) is 0 Å². The van der Waals surface area contributed by atoms with Crippen LogP contribution in [0.5, 0.6) is 0 Å². The van der Waals surface area contributed by atoms with Crippen LogP contribution in [0.4, 0.5) is 5.69 Å². The number of anilines is 1. The van der Waals surface area contributed by atoms with Crippen molar-refractivity contribution in [1.29, 1.82) is 0 Å². The van der Waals surface area contributed by atoms with E-state index in [0.29, 0.717) is 5.92 Å². The van der Waals surface area contributed by atoms with Crippen LogP contribution in [-0.2, 0) is 6.54 Å². The highest BCUT2D eigenvalue weighted by Crippen LogP contribution is 2.31. The van der Waals surface area contributed by atoms with Gasteiger partial charge in [-0.15, -0.1) is 0 Å². The van der Waals surface area contributed by atoms with Crippen LogP contribution in [0, 0.1) is 5.92 Å². The Balaban J connectivity index is 2.00. The van der Waals surface area contributed by atoms with Gasteiger partial charge in [0.05, 0.1) is 5.60 Å². The number of aliphatic hydroxyl groups is 1. The van der Waals surface area contributed by atoms with Crippen molar-refractivity contribution in [3.63, 3.8) is 0 Å². The largest absolute Gasteiger partial charge is 0.388 e. The second kappa shape index (κ2) is 7.28. The summed E-state index contributed by atoms with van der Waals surface area (Å²) in [5.41, 5.74) is 2.05. The molecule has 0 bridgehead atoms. The van der Waals surface area contributed by atoms with Crippen molar-refractivity contribution in [3.8, 4) is 0 Å². The van der Waals surface area contributed by atoms with E-state index in [1.54, 1.807) is 0 Å². The first-order chi connectivity index (χ1) is 10.0. The third-order valence-electron chi connectivity index (χ3n) is 4.34. The number of benzene rings is 1. The lowest BCUT2D eigenvalue weighted by Crippen LogP contribution is -2.39. The minimum Gasteiger partial charge on any atom is -0.388 e. The van der Waals surface area contributed by atoms with Crippen molar-refractivity contribution >= 4 is 5.69 Å². The molecule has 1 aromatic rings. The van der Waals surface area contributed by atoms with E-state index in [9.17, 15) is 5.11 Å². The Morgan fingerprint density at radius 3 is 2.57 bits per heavy atom. The van der Waals surface area contributed by atoms with Gasteiger partial charge in [-0.05, 0) is 36.9 Å². The third kappa shape index (κ3) is 4.72. The number of nitrogens with zero attached hydrogens (tertiary/aromatic N) is 1. The zero-order chi connectivity index (χ0) is 15.3. The van der Waals surface area contributed by atoms with Crippen molar-refractivity contribution < 1.29 is 5.11 Å². The Morgan fingerprint density at radius 1 is 1.24 bits per heavy atom. The van der Waals surface area contributed by atoms with Gasteiger partial charge in [0.1, 0.15) is 0 Å². The average Bonchev–Trinajstić information content (AvgIpc) is 2.85. The first-order valence-electron chi connectivity index (χ1n) is 8.22. The Hall–Kier alpha value is -1.06. The molecule has 0 saturated heterocycles. The molecule has 3 nitrogen and oxygen atoms in total. The number of hydrogen-bond donors (Lipinski definition) is 2. The highest BCUT2D eigenvalue weighted by atomic mass is 16.3. The van der Waals surface area contributed by atoms with Crippen LogP contribution in [0.3, 0.4) is 0 Å². The summed E-state index contributed by atoms with van der Waals surface area (Å²) in [5, 5.41) is 14.1. The van der Waals surface area contributed by atoms with Gasteiger partial charge in [0.15, 0.2) is 0 Å². The number of nitrogens with one attached hydrogen (secondary N) is 1. The van der Waals surface area contributed by atoms with Gasteiger partial charge in [-0.2, -0.15) is 0 Å². The molecule has 0 amide bonds. The van der Waals surface area contributed by atoms with Crippen LogP contribution in [0.2, 0.25) is 0 Å². The maximum Gasteiger partial charge on any atom is 0.0821 e. The quantitative estimate of drug-likeness (QED) is 0.809. The van der Waals surface area contributed by atoms with Gasteiger partial charge < -0.3 is 15.3 Å². The number of hydrogen-bond acceptors (Lipinski definition) is 3. The van der Waals surface area contributed by atoms with E-state index in [0.717, 1.165) is 45.3 Å². The van der Waals surface area contributed by atoms with Gasteiger partial charge in [-0.25, -0.2) is 0 Å². The molecule has 1 aliphatic carbocycles. The summed E-state index contributed by atoms with van der Waals surface area (Å²) >= 11 is 0. The Kier molecular flexibility index (Phi) is 5.65. The summed E-state index contributed by atoms with van der Waals surface area (Å²) in [5.74, 6) is 0.661. The summed E-state index contributed by atoms with van der Waals surface area (Å²) in [6.45, 7) is 7.09. The monoisotopic (exact) mass is 290 g/mol. The van der Waals surface area contributed by atoms with Gasteiger partial charge in [0.2, 0.25) is 0 Å². The van der Waals surface area contributed by atoms with Crippen LogP contribution in [0.25, 0.3) is 0 Å². The molecular formula is C18H30N2O. The molecule has 1 aliphatic rings. The fourth-order valence-electron chi connectivity index (χ4n) is 3.25. The average molecular weight is 290 g/mol. The van der Waals surface area contributed by atoms with E-state index >= 15 is 0 Å². The zero-order valence-corrected chi connectivity index (χ0v) is 13.7. The molecular weight excluding hydrogens is 260 g/mol. The van der Waals surface area contributed by atoms with Crippen molar-refractivity contribution in [2.75, 3.05) is 25.0 Å². The standard InChI is InChI=1S/C18H30N2O/c1-15(2)12-19-13-16-8-4-5-9-17(16)20(3)14-18(21)10-6-7-11-18/h4-5,8-9,15,19,21H,6-7,10-14H2,1-3H3. The second-order valence-corrected chi connectivity index (χ2v) is 6.94. The fraction of sp³-hybridized carbons (Fsp3) is 0.667. The maximum atomic E-state index is 10.6. The van der Waals surface area contributed by atoms with Crippen molar-refractivity contribution in [2.24, 2.45) is 5.92 Å². The predicted molar refractivity (Wildman–Crippen MR) is 89.7 cm³/mol. The van der Waals surface area contributed by atoms with E-state index in [1.807, 2.05) is 0 Å². The number of para-hydroxylation sites is 1. The molecule has 118 valence electrons. The molecule has 2 rings (SSSR count). The lowest BCUT2D eigenvalue weighted by Gasteiger charge is -2.31. The molecule has 21 heavy (non-hydrogen) atoms. The molecule has 0 radical (unpaired) electrons. The molecule has 2 N–H and O–H groups in total. The maximum absolute atomic E-state index is 10.6. The van der Waals surface area contributed by atoms with Crippen LogP contribution in [0.15, 0.2) is 24.3 Å². The van der Waals surface area contributed by atoms with E-state index in [2.05, 4.69) is 55.4 Å². The van der Waals surface area contributed by atoms with Gasteiger partial charge >= 0.3 is 0 Å². The van der Waals surface area contributed by atoms with Gasteiger partial charge in [-0.3, -0.25) is 0 Å². The molecule has 0 heterocycles. The summed E-state index contributed by atoms with van der Waals surface area (Å²) < 4.78 is 0. The smallest absolute Gasteiger partial charge is 0.0821 e. The summed E-state index contributed by atoms with van der Waals surface area (Å²) in [6.07, 6.45) is 4.18. The molecule has 1 saturated carbocycles. The summed E-state index contributed by atoms with van der Waals surface area (Å²) in [7, 11) is 2.09. The predicted octanol–water partition coefficient (Wildman–Crippen LogP) is 3.17. The molecule has 0 aromatic heterocycles. The van der Waals surface area contributed by atoms with E-state index in [1.165, 1.54) is 11.3 Å². The van der Waals surface area contributed by atoms with Crippen LogP contribution >= 0.6 is 0 Å². The van der Waals surface area contributed by atoms with Gasteiger partial charge in [0, 0.05) is 25.8 Å². The molecule has 0 aliphatic heterocycles. The second-order valence-electron chi connectivity index (χ2n) is 6.94. The van der Waals surface area contributed by atoms with Crippen molar-refractivity contribution in [2.45, 2.75) is 51.7 Å². The van der Waals surface area contributed by atoms with Gasteiger partial charge in [-0.1, -0.05) is 44.9 Å². The lowest BCUT2D eigenvalue weighted by molar-refractivity contribution is 0.0559. The number of likely N-dealkylation sites (N-methyl/N-ethyl adjacent to an activating group) is 1. The Bertz CT molecular complexity index is 439. The van der Waals surface area contributed by atoms with Gasteiger partial charge in [0.25, 0.3) is 0 Å². The molecule has 1 aromatic carbocycles. The lowest BCUT2D eigenvalue weighted by atomic mass is 10.0. The molecule has 0 atom stereocenters. The Morgan fingerprint density at radius 2 is 1.90 bits per heavy atom. The zero-order valence-electron chi connectivity index (χ0n) is 13.7. The molecule has 0 unspecified atom stereocenters. The topological polar surface area (TPSA) is 35.5 Å². The van der Waals surface area contributed by atoms with Crippen LogP contribution in [-0.4, -0.2) is 30.8 Å². The summed E-state index contributed by atoms with van der Waals surface area (Å²) in [6, 6.07) is 8.51. The first-order valence-corrected chi connectivity index (χ1v) is 8.22. The summed E-state index contributed by atoms with van der Waals surface area (Å²) in [4.78, 5) is 2.22. The highest BCUT2D eigenvalue weighted by Gasteiger charge is 2.32. The number of rotatable bonds is 7. The van der Waals surface area contributed by atoms with E-state index < -0.39 is 5.60 Å². The Labute approximate surface area is 129 Å². The van der Waals surface area contributed by atoms with Crippen molar-refractivity contribution in [1.82, 2.24) is 5.32 Å². The molecule has 0 spiro atoms. The minimum atomic E-state index is -0.493. The van der Waals surface area contributed by atoms with Crippen LogP contribution < -0.4 is 10.2 Å². The highest BCUT2D eigenvalue weighted by molar-refractivity contribution is 5.53. The first kappa shape index (κ1) is 16.3. The van der Waals surface area contributed by atoms with E-state index in [4.69, 9.17) is 0 Å². The van der Waals surface area contributed by atoms with Crippen molar-refractivity contribution in [3.05, 3.63) is 29.8 Å². The minimum absolute atomic E-state index is 0.493. The third-order valence-corrected chi connectivity index (χ3v) is 4.34. The fourth-order valence-corrected chi connectivity index (χ4v) is 3.25. The van der Waals surface area contributed by atoms with Crippen LogP contribution in [0.1, 0.15) is 45.1 Å². The molecule has 3 heteroatoms. The normalized spacial score (nSPS) is 17.4. The molecule has 1 fully saturated rings. The SMILES string of the molecule is CC(C)CNCc1ccccc1N(C)CC1(O)CCCC1.